The number of hydrogen-bond acceptors (Lipinski definition) is 2. The van der Waals surface area contributed by atoms with Crippen LogP contribution in [0.5, 0.6) is 0 Å². The Labute approximate surface area is 101 Å². The third-order valence-corrected chi connectivity index (χ3v) is 3.57. The van der Waals surface area contributed by atoms with Crippen LogP contribution in [0.4, 0.5) is 0 Å². The summed E-state index contributed by atoms with van der Waals surface area (Å²) in [5, 5.41) is 4.98. The first-order chi connectivity index (χ1) is 6.97. The SMILES string of the molecule is Cc1nn(C)c(Cl)c1CN(C)C(C)CCl. The van der Waals surface area contributed by atoms with Gasteiger partial charge >= 0.3 is 0 Å². The molecule has 0 bridgehead atoms. The van der Waals surface area contributed by atoms with Gasteiger partial charge in [-0.1, -0.05) is 11.6 Å². The molecule has 0 aromatic carbocycles. The minimum atomic E-state index is 0.335. The molecule has 86 valence electrons. The second kappa shape index (κ2) is 5.19. The highest BCUT2D eigenvalue weighted by Gasteiger charge is 2.15. The van der Waals surface area contributed by atoms with Crippen molar-refractivity contribution in [3.63, 3.8) is 0 Å². The largest absolute Gasteiger partial charge is 0.298 e. The molecule has 0 saturated heterocycles. The second-order valence-corrected chi connectivity index (χ2v) is 4.56. The van der Waals surface area contributed by atoms with Crippen molar-refractivity contribution in [2.45, 2.75) is 26.4 Å². The van der Waals surface area contributed by atoms with Gasteiger partial charge in [-0.05, 0) is 20.9 Å². The first-order valence-electron chi connectivity index (χ1n) is 4.91. The second-order valence-electron chi connectivity index (χ2n) is 3.90. The first-order valence-corrected chi connectivity index (χ1v) is 5.82. The summed E-state index contributed by atoms with van der Waals surface area (Å²) < 4.78 is 1.70. The quantitative estimate of drug-likeness (QED) is 0.765. The van der Waals surface area contributed by atoms with Gasteiger partial charge in [-0.3, -0.25) is 9.58 Å². The number of halogens is 2. The highest BCUT2D eigenvalue weighted by molar-refractivity contribution is 6.30. The monoisotopic (exact) mass is 249 g/mol. The minimum absolute atomic E-state index is 0.335. The Morgan fingerprint density at radius 2 is 2.13 bits per heavy atom. The summed E-state index contributed by atoms with van der Waals surface area (Å²) in [6.07, 6.45) is 0. The molecule has 3 nitrogen and oxygen atoms in total. The van der Waals surface area contributed by atoms with Gasteiger partial charge in [0.15, 0.2) is 0 Å². The molecule has 15 heavy (non-hydrogen) atoms. The summed E-state index contributed by atoms with van der Waals surface area (Å²) in [4.78, 5) is 2.17. The molecule has 0 radical (unpaired) electrons. The predicted molar refractivity (Wildman–Crippen MR) is 64.6 cm³/mol. The van der Waals surface area contributed by atoms with Crippen LogP contribution in [0.25, 0.3) is 0 Å². The lowest BCUT2D eigenvalue weighted by molar-refractivity contribution is 0.268. The maximum atomic E-state index is 6.15. The Hall–Kier alpha value is -0.250. The summed E-state index contributed by atoms with van der Waals surface area (Å²) >= 11 is 11.9. The van der Waals surface area contributed by atoms with Crippen LogP contribution in [0.2, 0.25) is 5.15 Å². The zero-order valence-corrected chi connectivity index (χ0v) is 11.1. The van der Waals surface area contributed by atoms with Crippen LogP contribution < -0.4 is 0 Å². The lowest BCUT2D eigenvalue weighted by Crippen LogP contribution is -2.30. The van der Waals surface area contributed by atoms with Gasteiger partial charge in [-0.2, -0.15) is 5.10 Å². The molecule has 0 fully saturated rings. The number of alkyl halides is 1. The third-order valence-electron chi connectivity index (χ3n) is 2.65. The Balaban J connectivity index is 2.80. The fourth-order valence-electron chi connectivity index (χ4n) is 1.38. The fraction of sp³-hybridized carbons (Fsp3) is 0.700. The van der Waals surface area contributed by atoms with E-state index in [-0.39, 0.29) is 0 Å². The number of aromatic nitrogens is 2. The van der Waals surface area contributed by atoms with Gasteiger partial charge in [0.1, 0.15) is 5.15 Å². The molecule has 0 aliphatic carbocycles. The van der Waals surface area contributed by atoms with Crippen molar-refractivity contribution in [1.82, 2.24) is 14.7 Å². The molecule has 1 heterocycles. The van der Waals surface area contributed by atoms with Gasteiger partial charge in [0.05, 0.1) is 5.69 Å². The average molecular weight is 250 g/mol. The third kappa shape index (κ3) is 2.86. The zero-order valence-electron chi connectivity index (χ0n) is 9.59. The van der Waals surface area contributed by atoms with E-state index in [1.807, 2.05) is 21.0 Å². The zero-order chi connectivity index (χ0) is 11.6. The molecule has 1 atom stereocenters. The minimum Gasteiger partial charge on any atom is -0.298 e. The normalized spacial score (nSPS) is 13.5. The molecule has 0 N–H and O–H groups in total. The number of rotatable bonds is 4. The van der Waals surface area contributed by atoms with Gasteiger partial charge < -0.3 is 0 Å². The van der Waals surface area contributed by atoms with Crippen LogP contribution in [0.15, 0.2) is 0 Å². The van der Waals surface area contributed by atoms with Crippen LogP contribution in [0.3, 0.4) is 0 Å². The van der Waals surface area contributed by atoms with E-state index in [1.54, 1.807) is 4.68 Å². The van der Waals surface area contributed by atoms with Crippen molar-refractivity contribution in [3.05, 3.63) is 16.4 Å². The van der Waals surface area contributed by atoms with E-state index < -0.39 is 0 Å². The lowest BCUT2D eigenvalue weighted by atomic mass is 10.2. The van der Waals surface area contributed by atoms with Gasteiger partial charge in [0.25, 0.3) is 0 Å². The summed E-state index contributed by atoms with van der Waals surface area (Å²) in [5.41, 5.74) is 2.06. The molecule has 0 aliphatic rings. The number of hydrogen-bond donors (Lipinski definition) is 0. The smallest absolute Gasteiger partial charge is 0.131 e. The topological polar surface area (TPSA) is 21.1 Å². The van der Waals surface area contributed by atoms with Crippen LogP contribution in [-0.2, 0) is 13.6 Å². The van der Waals surface area contributed by atoms with Crippen molar-refractivity contribution in [3.8, 4) is 0 Å². The van der Waals surface area contributed by atoms with Crippen molar-refractivity contribution in [2.75, 3.05) is 12.9 Å². The van der Waals surface area contributed by atoms with E-state index in [0.29, 0.717) is 17.1 Å². The standard InChI is InChI=1S/C10H17Cl2N3/c1-7(5-11)14(3)6-9-8(2)13-15(4)10(9)12/h7H,5-6H2,1-4H3. The predicted octanol–water partition coefficient (Wildman–Crippen LogP) is 2.44. The van der Waals surface area contributed by atoms with Crippen LogP contribution in [0.1, 0.15) is 18.2 Å². The average Bonchev–Trinajstić information content (AvgIpc) is 2.43. The number of aryl methyl sites for hydroxylation is 2. The van der Waals surface area contributed by atoms with E-state index in [2.05, 4.69) is 16.9 Å². The molecule has 1 aromatic rings. The molecular weight excluding hydrogens is 233 g/mol. The summed E-state index contributed by atoms with van der Waals surface area (Å²) in [5.74, 6) is 0.618. The van der Waals surface area contributed by atoms with Crippen molar-refractivity contribution in [2.24, 2.45) is 7.05 Å². The van der Waals surface area contributed by atoms with Crippen LogP contribution >= 0.6 is 23.2 Å². The summed E-state index contributed by atoms with van der Waals surface area (Å²) in [6, 6.07) is 0.335. The highest BCUT2D eigenvalue weighted by atomic mass is 35.5. The maximum Gasteiger partial charge on any atom is 0.131 e. The van der Waals surface area contributed by atoms with Crippen molar-refractivity contribution in [1.29, 1.82) is 0 Å². The molecule has 0 amide bonds. The molecule has 0 aliphatic heterocycles. The number of nitrogens with zero attached hydrogens (tertiary/aromatic N) is 3. The van der Waals surface area contributed by atoms with Gasteiger partial charge in [0.2, 0.25) is 0 Å². The molecule has 0 saturated carbocycles. The first kappa shape index (κ1) is 12.8. The van der Waals surface area contributed by atoms with E-state index in [9.17, 15) is 0 Å². The fourth-order valence-corrected chi connectivity index (χ4v) is 1.85. The molecule has 1 aromatic heterocycles. The molecule has 0 spiro atoms. The lowest BCUT2D eigenvalue weighted by Gasteiger charge is -2.22. The van der Waals surface area contributed by atoms with E-state index in [4.69, 9.17) is 23.2 Å². The molecule has 1 rings (SSSR count). The maximum absolute atomic E-state index is 6.15. The molecule has 1 unspecified atom stereocenters. The summed E-state index contributed by atoms with van der Waals surface area (Å²) in [6.45, 7) is 4.85. The van der Waals surface area contributed by atoms with Gasteiger partial charge in [-0.15, -0.1) is 11.6 Å². The van der Waals surface area contributed by atoms with E-state index >= 15 is 0 Å². The molecule has 5 heteroatoms. The Kier molecular flexibility index (Phi) is 4.44. The van der Waals surface area contributed by atoms with Crippen LogP contribution in [0, 0.1) is 6.92 Å². The van der Waals surface area contributed by atoms with Gasteiger partial charge in [-0.25, -0.2) is 0 Å². The van der Waals surface area contributed by atoms with Crippen LogP contribution in [-0.4, -0.2) is 33.6 Å². The van der Waals surface area contributed by atoms with E-state index in [1.165, 1.54) is 0 Å². The Morgan fingerprint density at radius 1 is 1.53 bits per heavy atom. The van der Waals surface area contributed by atoms with Gasteiger partial charge in [0, 0.05) is 31.1 Å². The Bertz CT molecular complexity index is 336. The van der Waals surface area contributed by atoms with Crippen molar-refractivity contribution >= 4 is 23.2 Å². The molecular formula is C10H17Cl2N3. The Morgan fingerprint density at radius 3 is 2.53 bits per heavy atom. The summed E-state index contributed by atoms with van der Waals surface area (Å²) in [7, 11) is 3.89. The van der Waals surface area contributed by atoms with Crippen molar-refractivity contribution < 1.29 is 0 Å². The highest BCUT2D eigenvalue weighted by Crippen LogP contribution is 2.20. The van der Waals surface area contributed by atoms with E-state index in [0.717, 1.165) is 17.8 Å².